The van der Waals surface area contributed by atoms with Gasteiger partial charge in [-0.3, -0.25) is 4.79 Å². The second kappa shape index (κ2) is 4.62. The Labute approximate surface area is 108 Å². The number of hydrogen-bond donors (Lipinski definition) is 2. The van der Waals surface area contributed by atoms with E-state index >= 15 is 0 Å². The maximum atomic E-state index is 11.9. The lowest BCUT2D eigenvalue weighted by molar-refractivity contribution is 0.0946. The minimum atomic E-state index is -0.153. The van der Waals surface area contributed by atoms with Crippen LogP contribution >= 0.6 is 11.3 Å². The molecule has 0 aliphatic carbocycles. The first-order valence-electron chi connectivity index (χ1n) is 5.57. The molecule has 2 N–H and O–H groups in total. The molecule has 0 aliphatic heterocycles. The Bertz CT molecular complexity index is 672. The van der Waals surface area contributed by atoms with Gasteiger partial charge in [0.15, 0.2) is 0 Å². The average molecular weight is 257 g/mol. The highest BCUT2D eigenvalue weighted by Crippen LogP contribution is 2.11. The van der Waals surface area contributed by atoms with E-state index < -0.39 is 0 Å². The zero-order valence-corrected chi connectivity index (χ0v) is 10.3. The Hall–Kier alpha value is -2.14. The number of fused-ring (bicyclic) bond motifs is 1. The van der Waals surface area contributed by atoms with Gasteiger partial charge in [-0.05, 0) is 29.6 Å². The number of thiophene rings is 1. The molecule has 0 spiro atoms. The number of carbonyl (C=O) groups excluding carboxylic acids is 1. The van der Waals surface area contributed by atoms with Crippen LogP contribution in [0.15, 0.2) is 41.9 Å². The predicted octanol–water partition coefficient (Wildman–Crippen LogP) is 2.55. The van der Waals surface area contributed by atoms with Crippen LogP contribution in [0, 0.1) is 0 Å². The van der Waals surface area contributed by atoms with E-state index in [1.807, 2.05) is 35.8 Å². The number of carbonyl (C=O) groups is 1. The van der Waals surface area contributed by atoms with Crippen molar-refractivity contribution in [2.45, 2.75) is 6.54 Å². The van der Waals surface area contributed by atoms with E-state index in [1.165, 1.54) is 0 Å². The summed E-state index contributed by atoms with van der Waals surface area (Å²) in [7, 11) is 0. The van der Waals surface area contributed by atoms with E-state index in [2.05, 4.69) is 15.3 Å². The van der Waals surface area contributed by atoms with Crippen molar-refractivity contribution in [1.29, 1.82) is 0 Å². The van der Waals surface area contributed by atoms with Crippen LogP contribution in [0.1, 0.15) is 15.4 Å². The normalized spacial score (nSPS) is 10.7. The SMILES string of the molecule is O=C(NCc1cccs1)c1ccc2cc[nH]c2n1. The Morgan fingerprint density at radius 3 is 3.11 bits per heavy atom. The summed E-state index contributed by atoms with van der Waals surface area (Å²) in [4.78, 5) is 20.3. The molecule has 0 saturated carbocycles. The first-order valence-corrected chi connectivity index (χ1v) is 6.45. The molecule has 5 heteroatoms. The fraction of sp³-hybridized carbons (Fsp3) is 0.0769. The van der Waals surface area contributed by atoms with Crippen molar-refractivity contribution in [2.24, 2.45) is 0 Å². The maximum absolute atomic E-state index is 11.9. The molecule has 3 rings (SSSR count). The Morgan fingerprint density at radius 2 is 2.28 bits per heavy atom. The lowest BCUT2D eigenvalue weighted by Gasteiger charge is -2.02. The van der Waals surface area contributed by atoms with Crippen molar-refractivity contribution >= 4 is 28.3 Å². The van der Waals surface area contributed by atoms with Gasteiger partial charge in [-0.2, -0.15) is 0 Å². The Morgan fingerprint density at radius 1 is 1.33 bits per heavy atom. The molecule has 0 aliphatic rings. The van der Waals surface area contributed by atoms with E-state index in [0.29, 0.717) is 12.2 Å². The van der Waals surface area contributed by atoms with Crippen LogP contribution in [0.2, 0.25) is 0 Å². The van der Waals surface area contributed by atoms with E-state index in [-0.39, 0.29) is 5.91 Å². The number of rotatable bonds is 3. The zero-order chi connectivity index (χ0) is 12.4. The Kier molecular flexibility index (Phi) is 2.82. The van der Waals surface area contributed by atoms with E-state index in [9.17, 15) is 4.79 Å². The largest absolute Gasteiger partial charge is 0.346 e. The Balaban J connectivity index is 1.75. The third-order valence-corrected chi connectivity index (χ3v) is 3.52. The van der Waals surface area contributed by atoms with Gasteiger partial charge >= 0.3 is 0 Å². The molecule has 0 aromatic carbocycles. The van der Waals surface area contributed by atoms with Gasteiger partial charge < -0.3 is 10.3 Å². The molecule has 0 unspecified atom stereocenters. The second-order valence-corrected chi connectivity index (χ2v) is 4.91. The van der Waals surface area contributed by atoms with Crippen LogP contribution in [0.4, 0.5) is 0 Å². The summed E-state index contributed by atoms with van der Waals surface area (Å²) < 4.78 is 0. The van der Waals surface area contributed by atoms with Crippen LogP contribution in [-0.4, -0.2) is 15.9 Å². The number of nitrogens with one attached hydrogen (secondary N) is 2. The zero-order valence-electron chi connectivity index (χ0n) is 9.51. The second-order valence-electron chi connectivity index (χ2n) is 3.87. The molecule has 18 heavy (non-hydrogen) atoms. The van der Waals surface area contributed by atoms with Gasteiger partial charge in [0.05, 0.1) is 6.54 Å². The molecular formula is C13H11N3OS. The summed E-state index contributed by atoms with van der Waals surface area (Å²) in [6.45, 7) is 0.543. The number of aromatic amines is 1. The van der Waals surface area contributed by atoms with E-state index in [4.69, 9.17) is 0 Å². The van der Waals surface area contributed by atoms with E-state index in [0.717, 1.165) is 15.9 Å². The summed E-state index contributed by atoms with van der Waals surface area (Å²) in [5.41, 5.74) is 1.17. The summed E-state index contributed by atoms with van der Waals surface area (Å²) in [6, 6.07) is 9.51. The molecular weight excluding hydrogens is 246 g/mol. The van der Waals surface area contributed by atoms with Crippen molar-refractivity contribution in [3.8, 4) is 0 Å². The monoisotopic (exact) mass is 257 g/mol. The molecule has 3 aromatic heterocycles. The summed E-state index contributed by atoms with van der Waals surface area (Å²) >= 11 is 1.62. The fourth-order valence-electron chi connectivity index (χ4n) is 1.73. The number of nitrogens with zero attached hydrogens (tertiary/aromatic N) is 1. The van der Waals surface area contributed by atoms with Crippen molar-refractivity contribution in [3.63, 3.8) is 0 Å². The van der Waals surface area contributed by atoms with Gasteiger partial charge in [-0.1, -0.05) is 6.07 Å². The van der Waals surface area contributed by atoms with Gasteiger partial charge in [0, 0.05) is 16.5 Å². The molecule has 0 bridgehead atoms. The third-order valence-electron chi connectivity index (χ3n) is 2.65. The molecule has 0 saturated heterocycles. The van der Waals surface area contributed by atoms with Crippen LogP contribution in [0.25, 0.3) is 11.0 Å². The summed E-state index contributed by atoms with van der Waals surface area (Å²) in [5.74, 6) is -0.153. The summed E-state index contributed by atoms with van der Waals surface area (Å²) in [6.07, 6.45) is 1.81. The lowest BCUT2D eigenvalue weighted by Crippen LogP contribution is -2.23. The predicted molar refractivity (Wildman–Crippen MR) is 71.6 cm³/mol. The molecule has 0 atom stereocenters. The fourth-order valence-corrected chi connectivity index (χ4v) is 2.37. The standard InChI is InChI=1S/C13H11N3OS/c17-13(15-8-10-2-1-7-18-10)11-4-3-9-5-6-14-12(9)16-11/h1-7H,8H2,(H,14,16)(H,15,17). The topological polar surface area (TPSA) is 57.8 Å². The minimum absolute atomic E-state index is 0.153. The minimum Gasteiger partial charge on any atom is -0.346 e. The van der Waals surface area contributed by atoms with Crippen LogP contribution in [0.3, 0.4) is 0 Å². The molecule has 3 heterocycles. The van der Waals surface area contributed by atoms with Gasteiger partial charge in [-0.25, -0.2) is 4.98 Å². The van der Waals surface area contributed by atoms with Crippen LogP contribution in [-0.2, 0) is 6.54 Å². The molecule has 90 valence electrons. The highest BCUT2D eigenvalue weighted by molar-refractivity contribution is 7.09. The van der Waals surface area contributed by atoms with Crippen LogP contribution in [0.5, 0.6) is 0 Å². The van der Waals surface area contributed by atoms with Crippen molar-refractivity contribution < 1.29 is 4.79 Å². The van der Waals surface area contributed by atoms with Crippen LogP contribution < -0.4 is 5.32 Å². The maximum Gasteiger partial charge on any atom is 0.270 e. The number of aromatic nitrogens is 2. The number of hydrogen-bond acceptors (Lipinski definition) is 3. The van der Waals surface area contributed by atoms with Gasteiger partial charge in [0.2, 0.25) is 0 Å². The van der Waals surface area contributed by atoms with Gasteiger partial charge in [0.1, 0.15) is 11.3 Å². The first kappa shape index (κ1) is 11.0. The molecule has 0 radical (unpaired) electrons. The average Bonchev–Trinajstić information content (AvgIpc) is 3.05. The van der Waals surface area contributed by atoms with Crippen molar-refractivity contribution in [2.75, 3.05) is 0 Å². The van der Waals surface area contributed by atoms with Gasteiger partial charge in [-0.15, -0.1) is 11.3 Å². The molecule has 4 nitrogen and oxygen atoms in total. The number of pyridine rings is 1. The van der Waals surface area contributed by atoms with Crippen molar-refractivity contribution in [1.82, 2.24) is 15.3 Å². The van der Waals surface area contributed by atoms with E-state index in [1.54, 1.807) is 17.4 Å². The number of H-pyrrole nitrogens is 1. The smallest absolute Gasteiger partial charge is 0.270 e. The highest BCUT2D eigenvalue weighted by atomic mass is 32.1. The highest BCUT2D eigenvalue weighted by Gasteiger charge is 2.08. The van der Waals surface area contributed by atoms with Crippen molar-refractivity contribution in [3.05, 3.63) is 52.5 Å². The van der Waals surface area contributed by atoms with Gasteiger partial charge in [0.25, 0.3) is 5.91 Å². The molecule has 1 amide bonds. The molecule has 0 fully saturated rings. The summed E-state index contributed by atoms with van der Waals surface area (Å²) in [5, 5.41) is 5.85. The third kappa shape index (κ3) is 2.12. The quantitative estimate of drug-likeness (QED) is 0.757. The first-order chi connectivity index (χ1) is 8.83. The number of amides is 1. The molecule has 3 aromatic rings. The lowest BCUT2D eigenvalue weighted by atomic mass is 10.3.